The minimum absolute atomic E-state index is 0.225. The van der Waals surface area contributed by atoms with Gasteiger partial charge in [0.15, 0.2) is 0 Å². The molecule has 2 fully saturated rings. The second-order valence-electron chi connectivity index (χ2n) is 7.65. The Bertz CT molecular complexity index is 811. The van der Waals surface area contributed by atoms with Crippen LogP contribution in [0, 0.1) is 17.8 Å². The number of aromatic nitrogens is 2. The van der Waals surface area contributed by atoms with Crippen molar-refractivity contribution in [2.24, 2.45) is 17.8 Å². The first-order valence-electron chi connectivity index (χ1n) is 9.36. The first-order valence-corrected chi connectivity index (χ1v) is 9.36. The number of rotatable bonds is 6. The zero-order chi connectivity index (χ0) is 17.6. The summed E-state index contributed by atoms with van der Waals surface area (Å²) in [4.78, 5) is 12.1. The molecule has 2 bridgehead atoms. The Labute approximate surface area is 148 Å². The highest BCUT2D eigenvalue weighted by atomic mass is 16.5. The first-order chi connectivity index (χ1) is 12.1. The maximum absolute atomic E-state index is 12.1. The number of aromatic carboxylic acids is 1. The highest BCUT2D eigenvalue weighted by molar-refractivity contribution is 5.93. The Morgan fingerprint density at radius 2 is 2.20 bits per heavy atom. The van der Waals surface area contributed by atoms with E-state index in [0.717, 1.165) is 41.5 Å². The van der Waals surface area contributed by atoms with Crippen molar-refractivity contribution in [1.29, 1.82) is 0 Å². The molecule has 2 aromatic heterocycles. The molecular weight excluding hydrogens is 316 g/mol. The third kappa shape index (κ3) is 2.74. The first kappa shape index (κ1) is 16.6. The van der Waals surface area contributed by atoms with E-state index in [-0.39, 0.29) is 6.61 Å². The summed E-state index contributed by atoms with van der Waals surface area (Å²) < 4.78 is 7.19. The average molecular weight is 342 g/mol. The van der Waals surface area contributed by atoms with E-state index >= 15 is 0 Å². The van der Waals surface area contributed by atoms with Crippen LogP contribution in [0.3, 0.4) is 0 Å². The highest BCUT2D eigenvalue weighted by Crippen LogP contribution is 2.49. The summed E-state index contributed by atoms with van der Waals surface area (Å²) in [6.45, 7) is 2.32. The zero-order valence-corrected chi connectivity index (χ0v) is 15.0. The minimum Gasteiger partial charge on any atom is -0.478 e. The number of fused-ring (bicyclic) bond motifs is 3. The quantitative estimate of drug-likeness (QED) is 0.869. The van der Waals surface area contributed by atoms with E-state index in [1.165, 1.54) is 25.7 Å². The summed E-state index contributed by atoms with van der Waals surface area (Å²) in [5.74, 6) is 1.35. The number of aryl methyl sites for hydroxylation is 1. The van der Waals surface area contributed by atoms with Gasteiger partial charge in [-0.25, -0.2) is 9.31 Å². The lowest BCUT2D eigenvalue weighted by molar-refractivity contribution is 0.0688. The topological polar surface area (TPSA) is 63.8 Å². The van der Waals surface area contributed by atoms with Crippen LogP contribution in [-0.2, 0) is 24.2 Å². The Hall–Kier alpha value is -1.88. The van der Waals surface area contributed by atoms with Crippen molar-refractivity contribution in [2.75, 3.05) is 7.11 Å². The fourth-order valence-electron chi connectivity index (χ4n) is 5.14. The van der Waals surface area contributed by atoms with Gasteiger partial charge in [-0.1, -0.05) is 13.3 Å². The Morgan fingerprint density at radius 1 is 1.36 bits per heavy atom. The summed E-state index contributed by atoms with van der Waals surface area (Å²) in [5, 5.41) is 14.5. The molecule has 2 heterocycles. The van der Waals surface area contributed by atoms with E-state index in [4.69, 9.17) is 4.74 Å². The molecule has 2 aliphatic carbocycles. The third-order valence-electron chi connectivity index (χ3n) is 6.26. The predicted molar refractivity (Wildman–Crippen MR) is 94.9 cm³/mol. The molecule has 2 saturated carbocycles. The molecule has 3 atom stereocenters. The van der Waals surface area contributed by atoms with Crippen molar-refractivity contribution in [3.8, 4) is 0 Å². The number of nitrogens with zero attached hydrogens (tertiary/aromatic N) is 2. The van der Waals surface area contributed by atoms with Crippen molar-refractivity contribution in [2.45, 2.75) is 52.1 Å². The molecule has 4 rings (SSSR count). The van der Waals surface area contributed by atoms with Gasteiger partial charge in [-0.15, -0.1) is 0 Å². The molecule has 5 heteroatoms. The fraction of sp³-hybridized carbons (Fsp3) is 0.600. The number of carboxylic acids is 1. The lowest BCUT2D eigenvalue weighted by Crippen LogP contribution is -2.19. The minimum atomic E-state index is -0.889. The smallest absolute Gasteiger partial charge is 0.338 e. The van der Waals surface area contributed by atoms with Crippen molar-refractivity contribution in [3.05, 3.63) is 34.6 Å². The second kappa shape index (κ2) is 6.45. The van der Waals surface area contributed by atoms with E-state index in [1.54, 1.807) is 7.11 Å². The number of methoxy groups -OCH3 is 1. The van der Waals surface area contributed by atoms with Gasteiger partial charge in [0.2, 0.25) is 0 Å². The van der Waals surface area contributed by atoms with E-state index in [1.807, 2.05) is 10.6 Å². The van der Waals surface area contributed by atoms with E-state index in [2.05, 4.69) is 18.1 Å². The summed E-state index contributed by atoms with van der Waals surface area (Å²) in [5.41, 5.74) is 3.91. The zero-order valence-electron chi connectivity index (χ0n) is 15.0. The summed E-state index contributed by atoms with van der Waals surface area (Å²) >= 11 is 0. The van der Waals surface area contributed by atoms with Gasteiger partial charge in [0.05, 0.1) is 17.7 Å². The molecular formula is C20H26N2O3. The number of carbonyl (C=O) groups is 1. The molecule has 3 unspecified atom stereocenters. The molecule has 0 saturated heterocycles. The molecule has 0 radical (unpaired) electrons. The number of carboxylic acid groups (broad SMARTS) is 1. The number of hydrogen-bond acceptors (Lipinski definition) is 3. The lowest BCUT2D eigenvalue weighted by atomic mass is 9.83. The van der Waals surface area contributed by atoms with Crippen LogP contribution in [0.5, 0.6) is 0 Å². The Kier molecular flexibility index (Phi) is 4.28. The third-order valence-corrected chi connectivity index (χ3v) is 6.26. The van der Waals surface area contributed by atoms with Gasteiger partial charge in [-0.05, 0) is 67.6 Å². The van der Waals surface area contributed by atoms with Gasteiger partial charge in [-0.3, -0.25) is 0 Å². The fourth-order valence-corrected chi connectivity index (χ4v) is 5.14. The van der Waals surface area contributed by atoms with Crippen molar-refractivity contribution in [3.63, 3.8) is 0 Å². The normalized spacial score (nSPS) is 25.1. The van der Waals surface area contributed by atoms with Crippen LogP contribution >= 0.6 is 0 Å². The molecule has 0 aromatic carbocycles. The highest BCUT2D eigenvalue weighted by Gasteiger charge is 2.40. The van der Waals surface area contributed by atoms with Crippen LogP contribution in [0.4, 0.5) is 0 Å². The van der Waals surface area contributed by atoms with Gasteiger partial charge in [0.25, 0.3) is 0 Å². The van der Waals surface area contributed by atoms with E-state index in [0.29, 0.717) is 17.2 Å². The van der Waals surface area contributed by atoms with Gasteiger partial charge in [-0.2, -0.15) is 5.10 Å². The molecule has 2 aromatic rings. The maximum Gasteiger partial charge on any atom is 0.338 e. The van der Waals surface area contributed by atoms with Crippen molar-refractivity contribution < 1.29 is 14.6 Å². The second-order valence-corrected chi connectivity index (χ2v) is 7.65. The van der Waals surface area contributed by atoms with Gasteiger partial charge in [0.1, 0.15) is 5.69 Å². The van der Waals surface area contributed by atoms with E-state index < -0.39 is 5.97 Å². The standard InChI is InChI=1S/C20H26N2O3/c1-3-15-6-7-18-16(10-14-9-12-4-5-13(14)8-12)19(20(23)24)17(11-25-2)21-22(15)18/h6-7,12-14H,3-5,8-11H2,1-2H3,(H,23,24). The predicted octanol–water partition coefficient (Wildman–Crippen LogP) is 3.72. The van der Waals surface area contributed by atoms with Crippen molar-refractivity contribution in [1.82, 2.24) is 9.61 Å². The van der Waals surface area contributed by atoms with Crippen LogP contribution in [0.2, 0.25) is 0 Å². The van der Waals surface area contributed by atoms with Crippen molar-refractivity contribution >= 4 is 11.5 Å². The molecule has 0 aliphatic heterocycles. The van der Waals surface area contributed by atoms with Crippen LogP contribution in [0.15, 0.2) is 12.1 Å². The number of hydrogen-bond donors (Lipinski definition) is 1. The molecule has 0 amide bonds. The van der Waals surface area contributed by atoms with Crippen LogP contribution in [0.25, 0.3) is 5.52 Å². The molecule has 1 N–H and O–H groups in total. The largest absolute Gasteiger partial charge is 0.478 e. The van der Waals surface area contributed by atoms with Crippen LogP contribution in [-0.4, -0.2) is 27.8 Å². The van der Waals surface area contributed by atoms with Gasteiger partial charge in [0, 0.05) is 12.8 Å². The summed E-state index contributed by atoms with van der Waals surface area (Å²) in [6, 6.07) is 4.10. The van der Waals surface area contributed by atoms with Gasteiger partial charge < -0.3 is 9.84 Å². The van der Waals surface area contributed by atoms with E-state index in [9.17, 15) is 9.90 Å². The average Bonchev–Trinajstić information content (AvgIpc) is 3.29. The van der Waals surface area contributed by atoms with Crippen LogP contribution in [0.1, 0.15) is 59.9 Å². The van der Waals surface area contributed by atoms with Crippen LogP contribution < -0.4 is 0 Å². The number of ether oxygens (including phenoxy) is 1. The molecule has 2 aliphatic rings. The lowest BCUT2D eigenvalue weighted by Gasteiger charge is -2.23. The molecule has 5 nitrogen and oxygen atoms in total. The summed E-state index contributed by atoms with van der Waals surface area (Å²) in [6.07, 6.45) is 6.97. The molecule has 134 valence electrons. The van der Waals surface area contributed by atoms with Gasteiger partial charge >= 0.3 is 5.97 Å². The monoisotopic (exact) mass is 342 g/mol. The molecule has 25 heavy (non-hydrogen) atoms. The maximum atomic E-state index is 12.1. The Balaban J connectivity index is 1.84. The Morgan fingerprint density at radius 3 is 2.80 bits per heavy atom. The SMILES string of the molecule is CCc1ccc2c(CC3CC4CCC3C4)c(C(=O)O)c(COC)nn12. The summed E-state index contributed by atoms with van der Waals surface area (Å²) in [7, 11) is 1.59. The molecule has 0 spiro atoms.